The first-order chi connectivity index (χ1) is 22.4. The fourth-order valence-corrected chi connectivity index (χ4v) is 5.06. The number of Topliss-reactive ketones (excluding diaryl/α,β-unsaturated/α-hetero) is 1. The van der Waals surface area contributed by atoms with Crippen LogP contribution in [-0.4, -0.2) is 41.5 Å². The van der Waals surface area contributed by atoms with Gasteiger partial charge in [0.15, 0.2) is 5.78 Å². The Morgan fingerprint density at radius 3 is 2.26 bits per heavy atom. The average molecular weight is 622 g/mol. The maximum Gasteiger partial charge on any atom is 0.252 e. The highest BCUT2D eigenvalue weighted by Gasteiger charge is 2.24. The van der Waals surface area contributed by atoms with Gasteiger partial charge in [-0.05, 0) is 79.3 Å². The van der Waals surface area contributed by atoms with Gasteiger partial charge in [0.25, 0.3) is 5.91 Å². The lowest BCUT2D eigenvalue weighted by molar-refractivity contribution is -0.123. The summed E-state index contributed by atoms with van der Waals surface area (Å²) in [5, 5.41) is 10.8. The SMILES string of the molecule is CCC/C=C(/CC(COCc1ccccc1)C(=O)Nc1ccc(Oc2ccccc2)cc1)C(=O)CCCCCN1C(=N)C=CC1=O. The largest absolute Gasteiger partial charge is 0.457 e. The van der Waals surface area contributed by atoms with E-state index < -0.39 is 5.92 Å². The lowest BCUT2D eigenvalue weighted by atomic mass is 9.93. The molecule has 1 aliphatic heterocycles. The Morgan fingerprint density at radius 2 is 1.59 bits per heavy atom. The van der Waals surface area contributed by atoms with E-state index in [-0.39, 0.29) is 36.5 Å². The highest BCUT2D eigenvalue weighted by atomic mass is 16.5. The molecule has 46 heavy (non-hydrogen) atoms. The number of allylic oxidation sites excluding steroid dienone is 2. The van der Waals surface area contributed by atoms with Crippen molar-refractivity contribution in [1.29, 1.82) is 5.41 Å². The number of ether oxygens (including phenoxy) is 2. The van der Waals surface area contributed by atoms with E-state index in [1.807, 2.05) is 66.7 Å². The zero-order valence-electron chi connectivity index (χ0n) is 26.5. The number of amidine groups is 1. The van der Waals surface area contributed by atoms with E-state index in [1.165, 1.54) is 17.1 Å². The van der Waals surface area contributed by atoms with Crippen LogP contribution in [0.2, 0.25) is 0 Å². The van der Waals surface area contributed by atoms with E-state index in [2.05, 4.69) is 12.2 Å². The zero-order chi connectivity index (χ0) is 32.6. The van der Waals surface area contributed by atoms with Crippen molar-refractivity contribution >= 4 is 29.1 Å². The number of amides is 2. The van der Waals surface area contributed by atoms with Gasteiger partial charge in [-0.2, -0.15) is 0 Å². The summed E-state index contributed by atoms with van der Waals surface area (Å²) in [5.41, 5.74) is 2.29. The molecule has 0 bridgehead atoms. The van der Waals surface area contributed by atoms with Crippen molar-refractivity contribution in [3.05, 3.63) is 114 Å². The predicted octanol–water partition coefficient (Wildman–Crippen LogP) is 7.87. The summed E-state index contributed by atoms with van der Waals surface area (Å²) in [6.07, 6.45) is 9.29. The first kappa shape index (κ1) is 34.1. The van der Waals surface area contributed by atoms with E-state index in [0.29, 0.717) is 49.4 Å². The van der Waals surface area contributed by atoms with Crippen molar-refractivity contribution in [2.24, 2.45) is 5.92 Å². The lowest BCUT2D eigenvalue weighted by Gasteiger charge is -2.19. The highest BCUT2D eigenvalue weighted by Crippen LogP contribution is 2.24. The number of carbonyl (C=O) groups is 3. The molecule has 1 aliphatic rings. The van der Waals surface area contributed by atoms with Crippen LogP contribution in [-0.2, 0) is 25.7 Å². The first-order valence-electron chi connectivity index (χ1n) is 16.0. The Morgan fingerprint density at radius 1 is 0.891 bits per heavy atom. The number of carbonyl (C=O) groups excluding carboxylic acids is 3. The van der Waals surface area contributed by atoms with Crippen LogP contribution in [0.15, 0.2) is 109 Å². The fraction of sp³-hybridized carbons (Fsp3) is 0.316. The van der Waals surface area contributed by atoms with Gasteiger partial charge in [-0.1, -0.05) is 74.4 Å². The molecule has 0 saturated carbocycles. The van der Waals surface area contributed by atoms with Crippen LogP contribution in [0.25, 0.3) is 0 Å². The third-order valence-electron chi connectivity index (χ3n) is 7.63. The van der Waals surface area contributed by atoms with Crippen LogP contribution >= 0.6 is 0 Å². The monoisotopic (exact) mass is 621 g/mol. The maximum absolute atomic E-state index is 13.6. The number of rotatable bonds is 19. The van der Waals surface area contributed by atoms with Gasteiger partial charge in [-0.3, -0.25) is 24.7 Å². The van der Waals surface area contributed by atoms with Crippen molar-refractivity contribution in [1.82, 2.24) is 4.90 Å². The van der Waals surface area contributed by atoms with Crippen LogP contribution < -0.4 is 10.1 Å². The van der Waals surface area contributed by atoms with Gasteiger partial charge in [0.1, 0.15) is 17.3 Å². The number of ketones is 1. The summed E-state index contributed by atoms with van der Waals surface area (Å²) in [4.78, 5) is 40.3. The topological polar surface area (TPSA) is 109 Å². The molecule has 0 radical (unpaired) electrons. The normalized spacial score (nSPS) is 13.6. The Balaban J connectivity index is 1.36. The summed E-state index contributed by atoms with van der Waals surface area (Å²) >= 11 is 0. The van der Waals surface area contributed by atoms with Crippen LogP contribution in [0.3, 0.4) is 0 Å². The van der Waals surface area contributed by atoms with Gasteiger partial charge in [-0.25, -0.2) is 0 Å². The van der Waals surface area contributed by atoms with Crippen LogP contribution in [0.5, 0.6) is 11.5 Å². The summed E-state index contributed by atoms with van der Waals surface area (Å²) < 4.78 is 11.9. The van der Waals surface area contributed by atoms with Gasteiger partial charge in [0.05, 0.1) is 19.1 Å². The lowest BCUT2D eigenvalue weighted by Crippen LogP contribution is -2.30. The Bertz CT molecular complexity index is 1480. The number of anilines is 1. The third-order valence-corrected chi connectivity index (χ3v) is 7.63. The van der Waals surface area contributed by atoms with E-state index in [0.717, 1.165) is 30.6 Å². The predicted molar refractivity (Wildman–Crippen MR) is 181 cm³/mol. The minimum atomic E-state index is -0.573. The molecule has 0 aromatic heterocycles. The van der Waals surface area contributed by atoms with Gasteiger partial charge in [0.2, 0.25) is 5.91 Å². The highest BCUT2D eigenvalue weighted by molar-refractivity contribution is 6.14. The number of para-hydroxylation sites is 1. The molecule has 0 aliphatic carbocycles. The van der Waals surface area contributed by atoms with E-state index in [1.54, 1.807) is 24.3 Å². The number of nitrogens with one attached hydrogen (secondary N) is 2. The van der Waals surface area contributed by atoms with E-state index in [9.17, 15) is 14.4 Å². The molecular weight excluding hydrogens is 578 g/mol. The van der Waals surface area contributed by atoms with Crippen molar-refractivity contribution in [2.75, 3.05) is 18.5 Å². The van der Waals surface area contributed by atoms with Crippen molar-refractivity contribution in [2.45, 2.75) is 58.5 Å². The Hall–Kier alpha value is -4.82. The molecule has 1 atom stereocenters. The van der Waals surface area contributed by atoms with Gasteiger partial charge in [-0.15, -0.1) is 0 Å². The molecular formula is C38H43N3O5. The molecule has 0 fully saturated rings. The Labute approximate surface area is 271 Å². The molecule has 0 spiro atoms. The molecule has 8 heteroatoms. The average Bonchev–Trinajstić information content (AvgIpc) is 3.39. The maximum atomic E-state index is 13.6. The molecule has 8 nitrogen and oxygen atoms in total. The standard InChI is InChI=1S/C38H43N3O5/c1-2-3-15-30(35(42)18-11-6-12-25-41-36(39)23-24-37(41)43)26-31(28-45-27-29-13-7-4-8-14-29)38(44)40-32-19-21-34(22-20-32)46-33-16-9-5-10-17-33/h4-5,7-10,13-17,19-24,31,39H,2-3,6,11-12,18,25-28H2,1H3,(H,40,44)/b30-15-,39-36?. The minimum Gasteiger partial charge on any atom is -0.457 e. The molecule has 2 N–H and O–H groups in total. The molecule has 3 aromatic rings. The molecule has 0 saturated heterocycles. The molecule has 4 rings (SSSR count). The second kappa shape index (κ2) is 18.2. The van der Waals surface area contributed by atoms with Gasteiger partial charge in [0, 0.05) is 24.7 Å². The van der Waals surface area contributed by atoms with Crippen LogP contribution in [0.1, 0.15) is 57.4 Å². The second-order valence-electron chi connectivity index (χ2n) is 11.3. The van der Waals surface area contributed by atoms with Crippen LogP contribution in [0, 0.1) is 11.3 Å². The van der Waals surface area contributed by atoms with Gasteiger partial charge < -0.3 is 14.8 Å². The zero-order valence-corrected chi connectivity index (χ0v) is 26.5. The van der Waals surface area contributed by atoms with Crippen molar-refractivity contribution < 1.29 is 23.9 Å². The Kier molecular flexibility index (Phi) is 13.5. The fourth-order valence-electron chi connectivity index (χ4n) is 5.06. The van der Waals surface area contributed by atoms with Crippen molar-refractivity contribution in [3.63, 3.8) is 0 Å². The number of unbranched alkanes of at least 4 members (excludes halogenated alkanes) is 3. The molecule has 1 heterocycles. The first-order valence-corrected chi connectivity index (χ1v) is 16.0. The van der Waals surface area contributed by atoms with E-state index >= 15 is 0 Å². The molecule has 1 unspecified atom stereocenters. The minimum absolute atomic E-state index is 0.0309. The molecule has 240 valence electrons. The molecule has 3 aromatic carbocycles. The van der Waals surface area contributed by atoms with Crippen molar-refractivity contribution in [3.8, 4) is 11.5 Å². The number of hydrogen-bond acceptors (Lipinski definition) is 6. The summed E-state index contributed by atoms with van der Waals surface area (Å²) in [7, 11) is 0. The second-order valence-corrected chi connectivity index (χ2v) is 11.3. The summed E-state index contributed by atoms with van der Waals surface area (Å²) in [6.45, 7) is 3.06. The molecule has 2 amide bonds. The van der Waals surface area contributed by atoms with Crippen LogP contribution in [0.4, 0.5) is 5.69 Å². The quantitative estimate of drug-likeness (QED) is 0.105. The number of hydrogen-bond donors (Lipinski definition) is 2. The van der Waals surface area contributed by atoms with Gasteiger partial charge >= 0.3 is 0 Å². The van der Waals surface area contributed by atoms with E-state index in [4.69, 9.17) is 14.9 Å². The summed E-state index contributed by atoms with van der Waals surface area (Å²) in [6, 6.07) is 26.5. The summed E-state index contributed by atoms with van der Waals surface area (Å²) in [5.74, 6) is 0.669. The smallest absolute Gasteiger partial charge is 0.252 e. The number of nitrogens with zero attached hydrogens (tertiary/aromatic N) is 1. The number of benzene rings is 3. The third kappa shape index (κ3) is 11.0.